The summed E-state index contributed by atoms with van der Waals surface area (Å²) in [5, 5.41) is 3.34. The minimum atomic E-state index is -2.75. The summed E-state index contributed by atoms with van der Waals surface area (Å²) in [6.45, 7) is -1.94. The van der Waals surface area contributed by atoms with Crippen molar-refractivity contribution in [1.29, 1.82) is 0 Å². The molecule has 2 rings (SSSR count). The van der Waals surface area contributed by atoms with E-state index in [1.54, 1.807) is 12.1 Å². The lowest BCUT2D eigenvalue weighted by Gasteiger charge is -2.10. The highest BCUT2D eigenvalue weighted by Gasteiger charge is 2.19. The summed E-state index contributed by atoms with van der Waals surface area (Å²) >= 11 is 0. The molecule has 1 N–H and O–H groups in total. The second-order valence-corrected chi connectivity index (χ2v) is 3.96. The third kappa shape index (κ3) is 3.45. The van der Waals surface area contributed by atoms with Crippen LogP contribution in [0.4, 0.5) is 8.78 Å². The average molecular weight is 227 g/mol. The predicted octanol–water partition coefficient (Wildman–Crippen LogP) is 2.58. The molecule has 0 amide bonds. The van der Waals surface area contributed by atoms with Crippen LogP contribution in [0.3, 0.4) is 0 Å². The molecule has 0 aliphatic heterocycles. The number of hydrogen-bond acceptors (Lipinski definition) is 2. The lowest BCUT2D eigenvalue weighted by molar-refractivity contribution is -0.0504. The van der Waals surface area contributed by atoms with Gasteiger partial charge in [0.15, 0.2) is 0 Å². The highest BCUT2D eigenvalue weighted by Crippen LogP contribution is 2.22. The number of para-hydroxylation sites is 1. The Balaban J connectivity index is 1.89. The van der Waals surface area contributed by atoms with Crippen LogP contribution < -0.4 is 10.1 Å². The van der Waals surface area contributed by atoms with Gasteiger partial charge in [-0.3, -0.25) is 0 Å². The number of nitrogens with one attached hydrogen (secondary N) is 1. The monoisotopic (exact) mass is 227 g/mol. The van der Waals surface area contributed by atoms with E-state index in [4.69, 9.17) is 0 Å². The maximum atomic E-state index is 12.1. The fourth-order valence-electron chi connectivity index (χ4n) is 1.62. The molecule has 1 aromatic rings. The van der Waals surface area contributed by atoms with E-state index in [0.717, 1.165) is 18.5 Å². The molecule has 4 heteroatoms. The van der Waals surface area contributed by atoms with Crippen molar-refractivity contribution in [3.8, 4) is 5.75 Å². The SMILES string of the molecule is FC(F)Oc1ccccc1CCNC1CC1. The molecule has 0 saturated heterocycles. The van der Waals surface area contributed by atoms with E-state index < -0.39 is 6.61 Å². The quantitative estimate of drug-likeness (QED) is 0.806. The molecule has 1 saturated carbocycles. The third-order valence-electron chi connectivity index (χ3n) is 2.59. The number of ether oxygens (including phenoxy) is 1. The fourth-order valence-corrected chi connectivity index (χ4v) is 1.62. The summed E-state index contributed by atoms with van der Waals surface area (Å²) in [4.78, 5) is 0. The van der Waals surface area contributed by atoms with Gasteiger partial charge in [0.1, 0.15) is 5.75 Å². The van der Waals surface area contributed by atoms with E-state index in [1.807, 2.05) is 12.1 Å². The van der Waals surface area contributed by atoms with Gasteiger partial charge >= 0.3 is 6.61 Å². The molecule has 0 aromatic heterocycles. The van der Waals surface area contributed by atoms with Crippen molar-refractivity contribution < 1.29 is 13.5 Å². The zero-order chi connectivity index (χ0) is 11.4. The van der Waals surface area contributed by atoms with Gasteiger partial charge in [-0.25, -0.2) is 0 Å². The molecule has 1 aromatic carbocycles. The molecule has 0 unspecified atom stereocenters. The van der Waals surface area contributed by atoms with Crippen LogP contribution in [-0.4, -0.2) is 19.2 Å². The molecule has 1 aliphatic rings. The van der Waals surface area contributed by atoms with Crippen LogP contribution in [-0.2, 0) is 6.42 Å². The largest absolute Gasteiger partial charge is 0.435 e. The first-order valence-corrected chi connectivity index (χ1v) is 5.52. The lowest BCUT2D eigenvalue weighted by atomic mass is 10.1. The Bertz CT molecular complexity index is 340. The van der Waals surface area contributed by atoms with Crippen molar-refractivity contribution in [3.05, 3.63) is 29.8 Å². The van der Waals surface area contributed by atoms with E-state index in [-0.39, 0.29) is 5.75 Å². The Labute approximate surface area is 93.6 Å². The average Bonchev–Trinajstić information content (AvgIpc) is 3.04. The molecule has 0 radical (unpaired) electrons. The summed E-state index contributed by atoms with van der Waals surface area (Å²) in [7, 11) is 0. The molecular formula is C12H15F2NO. The minimum absolute atomic E-state index is 0.287. The first-order valence-electron chi connectivity index (χ1n) is 5.52. The topological polar surface area (TPSA) is 21.3 Å². The molecule has 0 atom stereocenters. The molecule has 1 aliphatic carbocycles. The normalized spacial score (nSPS) is 15.4. The van der Waals surface area contributed by atoms with E-state index in [9.17, 15) is 8.78 Å². The van der Waals surface area contributed by atoms with Crippen molar-refractivity contribution in [3.63, 3.8) is 0 Å². The van der Waals surface area contributed by atoms with Crippen LogP contribution >= 0.6 is 0 Å². The summed E-state index contributed by atoms with van der Waals surface area (Å²) in [6.07, 6.45) is 3.18. The Morgan fingerprint density at radius 2 is 2.06 bits per heavy atom. The van der Waals surface area contributed by atoms with E-state index in [0.29, 0.717) is 6.04 Å². The Morgan fingerprint density at radius 1 is 1.31 bits per heavy atom. The first kappa shape index (κ1) is 11.3. The van der Waals surface area contributed by atoms with Crippen LogP contribution in [0.15, 0.2) is 24.3 Å². The van der Waals surface area contributed by atoms with Crippen LogP contribution in [0, 0.1) is 0 Å². The fraction of sp³-hybridized carbons (Fsp3) is 0.500. The van der Waals surface area contributed by atoms with E-state index in [1.165, 1.54) is 12.8 Å². The van der Waals surface area contributed by atoms with Gasteiger partial charge in [0.05, 0.1) is 0 Å². The van der Waals surface area contributed by atoms with Crippen LogP contribution in [0.1, 0.15) is 18.4 Å². The smallest absolute Gasteiger partial charge is 0.387 e. The first-order chi connectivity index (χ1) is 7.75. The second kappa shape index (κ2) is 5.25. The van der Waals surface area contributed by atoms with Crippen molar-refractivity contribution in [2.24, 2.45) is 0 Å². The molecule has 0 spiro atoms. The van der Waals surface area contributed by atoms with Gasteiger partial charge in [-0.1, -0.05) is 18.2 Å². The zero-order valence-corrected chi connectivity index (χ0v) is 8.96. The third-order valence-corrected chi connectivity index (χ3v) is 2.59. The van der Waals surface area contributed by atoms with Crippen molar-refractivity contribution in [2.75, 3.05) is 6.54 Å². The number of benzene rings is 1. The van der Waals surface area contributed by atoms with Gasteiger partial charge in [-0.2, -0.15) is 8.78 Å². The van der Waals surface area contributed by atoms with Gasteiger partial charge in [-0.05, 0) is 37.4 Å². The van der Waals surface area contributed by atoms with Crippen LogP contribution in [0.2, 0.25) is 0 Å². The Morgan fingerprint density at radius 3 is 2.75 bits per heavy atom. The maximum Gasteiger partial charge on any atom is 0.387 e. The summed E-state index contributed by atoms with van der Waals surface area (Å²) in [6, 6.07) is 7.59. The molecule has 1 fully saturated rings. The highest BCUT2D eigenvalue weighted by molar-refractivity contribution is 5.33. The Kier molecular flexibility index (Phi) is 3.72. The summed E-state index contributed by atoms with van der Waals surface area (Å²) < 4.78 is 28.7. The second-order valence-electron chi connectivity index (χ2n) is 3.96. The van der Waals surface area contributed by atoms with E-state index >= 15 is 0 Å². The van der Waals surface area contributed by atoms with Crippen molar-refractivity contribution >= 4 is 0 Å². The number of alkyl halides is 2. The Hall–Kier alpha value is -1.16. The van der Waals surface area contributed by atoms with E-state index in [2.05, 4.69) is 10.1 Å². The molecule has 2 nitrogen and oxygen atoms in total. The molecular weight excluding hydrogens is 212 g/mol. The van der Waals surface area contributed by atoms with Crippen LogP contribution in [0.25, 0.3) is 0 Å². The minimum Gasteiger partial charge on any atom is -0.435 e. The molecule has 0 heterocycles. The maximum absolute atomic E-state index is 12.1. The van der Waals surface area contributed by atoms with Crippen molar-refractivity contribution in [2.45, 2.75) is 31.9 Å². The highest BCUT2D eigenvalue weighted by atomic mass is 19.3. The van der Waals surface area contributed by atoms with Crippen LogP contribution in [0.5, 0.6) is 5.75 Å². The zero-order valence-electron chi connectivity index (χ0n) is 8.96. The summed E-state index contributed by atoms with van der Waals surface area (Å²) in [5.74, 6) is 0.287. The lowest BCUT2D eigenvalue weighted by Crippen LogP contribution is -2.19. The van der Waals surface area contributed by atoms with Gasteiger partial charge in [0, 0.05) is 6.04 Å². The summed E-state index contributed by atoms with van der Waals surface area (Å²) in [5.41, 5.74) is 0.830. The van der Waals surface area contributed by atoms with Gasteiger partial charge in [0.2, 0.25) is 0 Å². The van der Waals surface area contributed by atoms with Gasteiger partial charge < -0.3 is 10.1 Å². The van der Waals surface area contributed by atoms with Gasteiger partial charge in [0.25, 0.3) is 0 Å². The number of halogens is 2. The number of hydrogen-bond donors (Lipinski definition) is 1. The predicted molar refractivity (Wildman–Crippen MR) is 57.8 cm³/mol. The molecule has 16 heavy (non-hydrogen) atoms. The molecule has 0 bridgehead atoms. The van der Waals surface area contributed by atoms with Crippen molar-refractivity contribution in [1.82, 2.24) is 5.32 Å². The van der Waals surface area contributed by atoms with Gasteiger partial charge in [-0.15, -0.1) is 0 Å². The molecule has 88 valence electrons. The number of rotatable bonds is 6. The standard InChI is InChI=1S/C12H15F2NO/c13-12(14)16-11-4-2-1-3-9(11)7-8-15-10-5-6-10/h1-4,10,12,15H,5-8H2.